The minimum absolute atomic E-state index is 0.0671. The molecule has 182 valence electrons. The lowest BCUT2D eigenvalue weighted by Gasteiger charge is -2.38. The third kappa shape index (κ3) is 5.70. The monoisotopic (exact) mass is 484 g/mol. The average molecular weight is 484 g/mol. The van der Waals surface area contributed by atoms with Gasteiger partial charge in [0.25, 0.3) is 0 Å². The number of nitrogens with zero attached hydrogens (tertiary/aromatic N) is 1. The molecule has 0 spiro atoms. The smallest absolute Gasteiger partial charge is 0.352 e. The van der Waals surface area contributed by atoms with E-state index < -0.39 is 23.7 Å². The van der Waals surface area contributed by atoms with E-state index in [1.807, 2.05) is 36.4 Å². The Kier molecular flexibility index (Phi) is 7.19. The van der Waals surface area contributed by atoms with E-state index in [0.29, 0.717) is 24.1 Å². The highest BCUT2D eigenvalue weighted by atomic mass is 19.4. The predicted octanol–water partition coefficient (Wildman–Crippen LogP) is 5.42. The number of hydrogen-bond donors (Lipinski definition) is 1. The Balaban J connectivity index is 1.41. The van der Waals surface area contributed by atoms with Crippen molar-refractivity contribution in [2.45, 2.75) is 38.0 Å². The van der Waals surface area contributed by atoms with Crippen molar-refractivity contribution in [1.82, 2.24) is 10.2 Å². The quantitative estimate of drug-likeness (QED) is 0.476. The largest absolute Gasteiger partial charge is 0.416 e. The zero-order valence-electron chi connectivity index (χ0n) is 18.8. The Morgan fingerprint density at radius 2 is 1.69 bits per heavy atom. The number of alkyl halides is 3. The van der Waals surface area contributed by atoms with Crippen LogP contribution in [-0.4, -0.2) is 23.3 Å². The molecule has 3 aromatic carbocycles. The van der Waals surface area contributed by atoms with Crippen LogP contribution in [0.1, 0.15) is 46.7 Å². The van der Waals surface area contributed by atoms with Crippen molar-refractivity contribution in [2.75, 3.05) is 6.54 Å². The highest BCUT2D eigenvalue weighted by Gasteiger charge is 2.33. The Labute approximate surface area is 200 Å². The van der Waals surface area contributed by atoms with Crippen molar-refractivity contribution in [3.8, 4) is 0 Å². The lowest BCUT2D eigenvalue weighted by molar-refractivity contribution is -0.137. The molecule has 8 heteroatoms. The SMILES string of the molecule is O=C(CCC(=O)N1CCc2c(F)cccc2C1c1ccccc1)NCc1cccc(C(F)(F)F)c1. The average Bonchev–Trinajstić information content (AvgIpc) is 2.85. The molecule has 1 atom stereocenters. The minimum atomic E-state index is -4.46. The third-order valence-corrected chi connectivity index (χ3v) is 6.11. The molecule has 1 heterocycles. The summed E-state index contributed by atoms with van der Waals surface area (Å²) >= 11 is 0. The van der Waals surface area contributed by atoms with Gasteiger partial charge >= 0.3 is 6.18 Å². The van der Waals surface area contributed by atoms with Gasteiger partial charge in [-0.2, -0.15) is 13.2 Å². The molecule has 1 aliphatic rings. The van der Waals surface area contributed by atoms with E-state index >= 15 is 0 Å². The van der Waals surface area contributed by atoms with Crippen LogP contribution in [0.25, 0.3) is 0 Å². The molecule has 0 saturated heterocycles. The molecule has 2 amide bonds. The first-order chi connectivity index (χ1) is 16.7. The van der Waals surface area contributed by atoms with E-state index in [2.05, 4.69) is 5.32 Å². The van der Waals surface area contributed by atoms with Gasteiger partial charge in [-0.1, -0.05) is 54.6 Å². The zero-order chi connectivity index (χ0) is 25.0. The maximum atomic E-state index is 14.4. The fourth-order valence-corrected chi connectivity index (χ4v) is 4.40. The van der Waals surface area contributed by atoms with E-state index in [-0.39, 0.29) is 31.1 Å². The van der Waals surface area contributed by atoms with Crippen molar-refractivity contribution < 1.29 is 27.2 Å². The lowest BCUT2D eigenvalue weighted by atomic mass is 9.87. The number of rotatable bonds is 6. The summed E-state index contributed by atoms with van der Waals surface area (Å²) < 4.78 is 53.1. The maximum Gasteiger partial charge on any atom is 0.416 e. The van der Waals surface area contributed by atoms with E-state index in [9.17, 15) is 27.2 Å². The summed E-state index contributed by atoms with van der Waals surface area (Å²) in [5, 5.41) is 2.58. The molecule has 35 heavy (non-hydrogen) atoms. The van der Waals surface area contributed by atoms with Gasteiger partial charge in [0, 0.05) is 25.9 Å². The van der Waals surface area contributed by atoms with E-state index in [4.69, 9.17) is 0 Å². The summed E-state index contributed by atoms with van der Waals surface area (Å²) in [5.41, 5.74) is 1.70. The lowest BCUT2D eigenvalue weighted by Crippen LogP contribution is -2.41. The minimum Gasteiger partial charge on any atom is -0.352 e. The maximum absolute atomic E-state index is 14.4. The van der Waals surface area contributed by atoms with Crippen LogP contribution in [0.4, 0.5) is 17.6 Å². The van der Waals surface area contributed by atoms with E-state index in [1.165, 1.54) is 18.2 Å². The first-order valence-electron chi connectivity index (χ1n) is 11.3. The number of carbonyl (C=O) groups is 2. The fraction of sp³-hybridized carbons (Fsp3) is 0.259. The zero-order valence-corrected chi connectivity index (χ0v) is 18.8. The summed E-state index contributed by atoms with van der Waals surface area (Å²) in [6.45, 7) is 0.248. The molecule has 0 saturated carbocycles. The second kappa shape index (κ2) is 10.3. The van der Waals surface area contributed by atoms with Crippen LogP contribution in [0, 0.1) is 5.82 Å². The van der Waals surface area contributed by atoms with Crippen LogP contribution in [0.5, 0.6) is 0 Å². The molecule has 3 aromatic rings. The molecule has 0 fully saturated rings. The van der Waals surface area contributed by atoms with Crippen LogP contribution >= 0.6 is 0 Å². The highest BCUT2D eigenvalue weighted by molar-refractivity contribution is 5.84. The van der Waals surface area contributed by atoms with Crippen molar-refractivity contribution in [2.24, 2.45) is 0 Å². The highest BCUT2D eigenvalue weighted by Crippen LogP contribution is 2.36. The number of carbonyl (C=O) groups excluding carboxylic acids is 2. The molecule has 1 N–H and O–H groups in total. The van der Waals surface area contributed by atoms with Crippen LogP contribution < -0.4 is 5.32 Å². The fourth-order valence-electron chi connectivity index (χ4n) is 4.40. The molecule has 0 radical (unpaired) electrons. The number of amides is 2. The van der Waals surface area contributed by atoms with Gasteiger partial charge in [-0.05, 0) is 46.9 Å². The molecule has 1 aliphatic heterocycles. The number of nitrogens with one attached hydrogen (secondary N) is 1. The number of benzene rings is 3. The number of hydrogen-bond acceptors (Lipinski definition) is 2. The van der Waals surface area contributed by atoms with Crippen LogP contribution in [0.2, 0.25) is 0 Å². The topological polar surface area (TPSA) is 49.4 Å². The Morgan fingerprint density at radius 3 is 2.43 bits per heavy atom. The van der Waals surface area contributed by atoms with E-state index in [1.54, 1.807) is 11.0 Å². The standard InChI is InChI=1S/C27H24F4N2O2/c28-23-11-5-10-22-21(23)14-15-33(26(22)19-7-2-1-3-8-19)25(35)13-12-24(34)32-17-18-6-4-9-20(16-18)27(29,30)31/h1-11,16,26H,12-15,17H2,(H,32,34). The van der Waals surface area contributed by atoms with Gasteiger partial charge in [0.05, 0.1) is 11.6 Å². The molecule has 0 aliphatic carbocycles. The molecular formula is C27H24F4N2O2. The Hall–Kier alpha value is -3.68. The summed E-state index contributed by atoms with van der Waals surface area (Å²) in [6, 6.07) is 18.5. The van der Waals surface area contributed by atoms with Crippen molar-refractivity contribution in [3.05, 3.63) is 106 Å². The first kappa shape index (κ1) is 24.4. The van der Waals surface area contributed by atoms with E-state index in [0.717, 1.165) is 23.3 Å². The second-order valence-electron chi connectivity index (χ2n) is 8.43. The number of fused-ring (bicyclic) bond motifs is 1. The molecular weight excluding hydrogens is 460 g/mol. The van der Waals surface area contributed by atoms with Crippen LogP contribution in [0.3, 0.4) is 0 Å². The van der Waals surface area contributed by atoms with Crippen LogP contribution in [-0.2, 0) is 28.7 Å². The molecule has 0 aromatic heterocycles. The summed E-state index contributed by atoms with van der Waals surface area (Å²) in [7, 11) is 0. The number of halogens is 4. The molecule has 0 bridgehead atoms. The van der Waals surface area contributed by atoms with Crippen molar-refractivity contribution >= 4 is 11.8 Å². The Bertz CT molecular complexity index is 1210. The predicted molar refractivity (Wildman–Crippen MR) is 123 cm³/mol. The van der Waals surface area contributed by atoms with Crippen molar-refractivity contribution in [3.63, 3.8) is 0 Å². The molecule has 4 rings (SSSR count). The van der Waals surface area contributed by atoms with Crippen LogP contribution in [0.15, 0.2) is 72.8 Å². The van der Waals surface area contributed by atoms with Gasteiger partial charge in [-0.15, -0.1) is 0 Å². The van der Waals surface area contributed by atoms with Crippen molar-refractivity contribution in [1.29, 1.82) is 0 Å². The van der Waals surface area contributed by atoms with Gasteiger partial charge in [0.2, 0.25) is 11.8 Å². The molecule has 1 unspecified atom stereocenters. The normalized spacial score (nSPS) is 15.4. The van der Waals surface area contributed by atoms with Gasteiger partial charge in [-0.25, -0.2) is 4.39 Å². The van der Waals surface area contributed by atoms with Gasteiger partial charge in [-0.3, -0.25) is 9.59 Å². The first-order valence-corrected chi connectivity index (χ1v) is 11.3. The van der Waals surface area contributed by atoms with Gasteiger partial charge in [0.1, 0.15) is 5.82 Å². The Morgan fingerprint density at radius 1 is 0.943 bits per heavy atom. The van der Waals surface area contributed by atoms with Gasteiger partial charge in [0.15, 0.2) is 0 Å². The second-order valence-corrected chi connectivity index (χ2v) is 8.43. The summed E-state index contributed by atoms with van der Waals surface area (Å²) in [5.74, 6) is -0.983. The molecule has 4 nitrogen and oxygen atoms in total. The third-order valence-electron chi connectivity index (χ3n) is 6.11. The summed E-state index contributed by atoms with van der Waals surface area (Å²) in [4.78, 5) is 27.1. The van der Waals surface area contributed by atoms with Gasteiger partial charge < -0.3 is 10.2 Å². The summed E-state index contributed by atoms with van der Waals surface area (Å²) in [6.07, 6.45) is -4.26.